The molecule has 14 rings (SSSR count). The van der Waals surface area contributed by atoms with Crippen LogP contribution in [0.5, 0.6) is 0 Å². The van der Waals surface area contributed by atoms with Crippen molar-refractivity contribution in [1.29, 1.82) is 0 Å². The Bertz CT molecular complexity index is 4720. The van der Waals surface area contributed by atoms with E-state index in [-0.39, 0.29) is 21.7 Å². The highest BCUT2D eigenvalue weighted by molar-refractivity contribution is 6.19. The van der Waals surface area contributed by atoms with Crippen molar-refractivity contribution in [1.82, 2.24) is 0 Å². The first-order chi connectivity index (χ1) is 49.1. The van der Waals surface area contributed by atoms with Gasteiger partial charge in [0.15, 0.2) is 0 Å². The van der Waals surface area contributed by atoms with Crippen molar-refractivity contribution in [3.05, 3.63) is 207 Å². The van der Waals surface area contributed by atoms with E-state index in [2.05, 4.69) is 240 Å². The van der Waals surface area contributed by atoms with E-state index >= 15 is 0 Å². The Morgan fingerprint density at radius 3 is 1.33 bits per heavy atom. The summed E-state index contributed by atoms with van der Waals surface area (Å²) < 4.78 is 14.0. The monoisotopic (exact) mass is 1340 g/mol. The Labute approximate surface area is 607 Å². The van der Waals surface area contributed by atoms with E-state index in [0.717, 1.165) is 35.2 Å². The molecule has 0 radical (unpaired) electrons. The van der Waals surface area contributed by atoms with Crippen LogP contribution in [0.15, 0.2) is 160 Å². The molecule has 0 spiro atoms. The van der Waals surface area contributed by atoms with Gasteiger partial charge in [0.2, 0.25) is 0 Å². The average Bonchev–Trinajstić information content (AvgIpc) is 1.53. The van der Waals surface area contributed by atoms with Crippen LogP contribution in [-0.2, 0) is 21.7 Å². The van der Waals surface area contributed by atoms with Crippen molar-refractivity contribution >= 4 is 60.9 Å². The van der Waals surface area contributed by atoms with Gasteiger partial charge < -0.3 is 13.7 Å². The zero-order valence-electron chi connectivity index (χ0n) is 64.0. The molecule has 526 valence electrons. The van der Waals surface area contributed by atoms with E-state index in [0.29, 0.717) is 0 Å². The summed E-state index contributed by atoms with van der Waals surface area (Å²) in [6.07, 6.45) is 35.6. The largest absolute Gasteiger partial charge is 0.456 e. The third-order valence-corrected chi connectivity index (χ3v) is 24.9. The lowest BCUT2D eigenvalue weighted by Gasteiger charge is -2.35. The van der Waals surface area contributed by atoms with E-state index in [1.165, 1.54) is 283 Å². The second kappa shape index (κ2) is 29.6. The summed E-state index contributed by atoms with van der Waals surface area (Å²) in [4.78, 5) is 2.64. The molecular formula is C98H117NO2. The summed E-state index contributed by atoms with van der Waals surface area (Å²) in [5.41, 5.74) is 32.2. The van der Waals surface area contributed by atoms with E-state index in [9.17, 15) is 0 Å². The fraction of sp³-hybridized carbons (Fsp3) is 0.449. The Hall–Kier alpha value is -7.62. The van der Waals surface area contributed by atoms with Crippen LogP contribution in [0.4, 0.5) is 17.1 Å². The SMILES string of the molecule is CCCCCCCCC1(CCCCCCCC)c2cc(N(c3ccc(C(C)(C)C)cc3)c3ccc4c(c3)C(C)(C)c3cc(-c5c(C)cc(C)cc5C)c5oc6ccccc6c5c3-4)ccc2-c2cc3c(cc21)-c1c(ccc2oc4ccccc4c12)C3(CCCCCCCC)CCCCCCCC. The van der Waals surface area contributed by atoms with Crippen LogP contribution in [-0.4, -0.2) is 0 Å². The summed E-state index contributed by atoms with van der Waals surface area (Å²) >= 11 is 0. The van der Waals surface area contributed by atoms with E-state index in [1.54, 1.807) is 22.3 Å². The number of para-hydroxylation sites is 2. The van der Waals surface area contributed by atoms with E-state index in [1.807, 2.05) is 0 Å². The van der Waals surface area contributed by atoms with Crippen LogP contribution < -0.4 is 4.90 Å². The minimum absolute atomic E-state index is 0.00794. The molecule has 0 aliphatic heterocycles. The number of rotatable bonds is 32. The van der Waals surface area contributed by atoms with Crippen LogP contribution in [0.3, 0.4) is 0 Å². The third-order valence-electron chi connectivity index (χ3n) is 24.9. The first-order valence-electron chi connectivity index (χ1n) is 40.5. The number of hydrogen-bond donors (Lipinski definition) is 0. The van der Waals surface area contributed by atoms with Crippen LogP contribution in [0.2, 0.25) is 0 Å². The minimum Gasteiger partial charge on any atom is -0.456 e. The van der Waals surface area contributed by atoms with Gasteiger partial charge in [-0.1, -0.05) is 301 Å². The lowest BCUT2D eigenvalue weighted by molar-refractivity contribution is 0.394. The van der Waals surface area contributed by atoms with Gasteiger partial charge in [-0.15, -0.1) is 0 Å². The maximum absolute atomic E-state index is 7.09. The van der Waals surface area contributed by atoms with Crippen molar-refractivity contribution in [2.75, 3.05) is 4.90 Å². The number of benzene rings is 9. The highest BCUT2D eigenvalue weighted by Gasteiger charge is 2.49. The number of hydrogen-bond acceptors (Lipinski definition) is 3. The van der Waals surface area contributed by atoms with Gasteiger partial charge in [-0.3, -0.25) is 0 Å². The van der Waals surface area contributed by atoms with Gasteiger partial charge in [0.1, 0.15) is 22.3 Å². The first kappa shape index (κ1) is 70.4. The zero-order chi connectivity index (χ0) is 70.2. The molecule has 0 amide bonds. The van der Waals surface area contributed by atoms with Crippen LogP contribution >= 0.6 is 0 Å². The number of furan rings is 2. The fourth-order valence-corrected chi connectivity index (χ4v) is 19.6. The van der Waals surface area contributed by atoms with Gasteiger partial charge >= 0.3 is 0 Å². The third kappa shape index (κ3) is 13.0. The van der Waals surface area contributed by atoms with Gasteiger partial charge in [-0.25, -0.2) is 0 Å². The zero-order valence-corrected chi connectivity index (χ0v) is 64.0. The predicted molar refractivity (Wildman–Crippen MR) is 436 cm³/mol. The van der Waals surface area contributed by atoms with Gasteiger partial charge in [-0.05, 0) is 214 Å². The number of anilines is 3. The minimum atomic E-state index is -0.327. The molecule has 0 fully saturated rings. The molecule has 11 aromatic rings. The smallest absolute Gasteiger partial charge is 0.143 e. The molecule has 0 saturated carbocycles. The van der Waals surface area contributed by atoms with Gasteiger partial charge in [0.05, 0.1) is 0 Å². The Kier molecular flexibility index (Phi) is 20.7. The quantitative estimate of drug-likeness (QED) is 0.0394. The number of aryl methyl sites for hydroxylation is 3. The van der Waals surface area contributed by atoms with Crippen LogP contribution in [0.25, 0.3) is 88.4 Å². The normalized spacial score (nSPS) is 14.5. The van der Waals surface area contributed by atoms with Crippen molar-refractivity contribution in [2.45, 2.75) is 285 Å². The lowest BCUT2D eigenvalue weighted by Crippen LogP contribution is -2.27. The molecule has 3 heteroatoms. The van der Waals surface area contributed by atoms with Crippen molar-refractivity contribution in [2.24, 2.45) is 0 Å². The number of fused-ring (bicyclic) bond motifs is 17. The highest BCUT2D eigenvalue weighted by Crippen LogP contribution is 2.64. The number of nitrogens with zero attached hydrogens (tertiary/aromatic N) is 1. The van der Waals surface area contributed by atoms with Gasteiger partial charge in [0.25, 0.3) is 0 Å². The topological polar surface area (TPSA) is 29.5 Å². The maximum atomic E-state index is 7.09. The van der Waals surface area contributed by atoms with Crippen molar-refractivity contribution in [3.63, 3.8) is 0 Å². The summed E-state index contributed by atoms with van der Waals surface area (Å²) in [6, 6.07) is 60.6. The molecule has 0 unspecified atom stereocenters. The molecule has 101 heavy (non-hydrogen) atoms. The Balaban J connectivity index is 0.980. The first-order valence-corrected chi connectivity index (χ1v) is 40.5. The second-order valence-electron chi connectivity index (χ2n) is 33.3. The standard InChI is InChI=1S/C98H117NO2/c1-13-17-21-25-29-37-55-97(56-38-30-26-22-18-14-2)80-53-54-88-92(75-41-33-35-43-86(75)100-88)91(80)78-64-83-77(63-84(78)97)73-51-49-72(62-82(73)98(83,57-39-31-27-23-19-15-3)58-40-32-28-24-20-16-4)99(70-47-45-69(46-48-70)95(8,9)10)71-50-52-74-81(61-71)96(11,12)85-65-79(89-67(6)59-66(5)60-68(89)7)94-93(90(74)85)76-42-34-36-44-87(76)101-94/h33-36,41-54,59-65H,13-32,37-40,55-58H2,1-12H3. The summed E-state index contributed by atoms with van der Waals surface area (Å²) in [7, 11) is 0. The fourth-order valence-electron chi connectivity index (χ4n) is 19.6. The highest BCUT2D eigenvalue weighted by atomic mass is 16.3. The summed E-state index contributed by atoms with van der Waals surface area (Å²) in [5.74, 6) is 0. The molecule has 0 N–H and O–H groups in total. The van der Waals surface area contributed by atoms with Crippen molar-refractivity contribution in [3.8, 4) is 44.5 Å². The second-order valence-corrected chi connectivity index (χ2v) is 33.3. The molecule has 2 heterocycles. The maximum Gasteiger partial charge on any atom is 0.143 e. The molecule has 3 aliphatic rings. The Morgan fingerprint density at radius 2 is 0.772 bits per heavy atom. The molecule has 0 saturated heterocycles. The molecule has 0 atom stereocenters. The molecular weight excluding hydrogens is 1220 g/mol. The molecule has 3 nitrogen and oxygen atoms in total. The van der Waals surface area contributed by atoms with Crippen LogP contribution in [0, 0.1) is 20.8 Å². The van der Waals surface area contributed by atoms with Gasteiger partial charge in [0, 0.05) is 60.4 Å². The van der Waals surface area contributed by atoms with Gasteiger partial charge in [-0.2, -0.15) is 0 Å². The van der Waals surface area contributed by atoms with Crippen molar-refractivity contribution < 1.29 is 8.83 Å². The summed E-state index contributed by atoms with van der Waals surface area (Å²) in [6.45, 7) is 28.2. The molecule has 0 bridgehead atoms. The van der Waals surface area contributed by atoms with E-state index < -0.39 is 0 Å². The number of unbranched alkanes of at least 4 members (excludes halogenated alkanes) is 20. The average molecular weight is 1340 g/mol. The predicted octanol–water partition coefficient (Wildman–Crippen LogP) is 30.7. The Morgan fingerprint density at radius 1 is 0.337 bits per heavy atom. The summed E-state index contributed by atoms with van der Waals surface area (Å²) in [5, 5.41) is 5.00. The molecule has 9 aromatic carbocycles. The molecule has 3 aliphatic carbocycles. The van der Waals surface area contributed by atoms with E-state index in [4.69, 9.17) is 8.83 Å². The van der Waals surface area contributed by atoms with Crippen LogP contribution in [0.1, 0.15) is 298 Å². The molecule has 2 aromatic heterocycles. The lowest BCUT2D eigenvalue weighted by atomic mass is 9.68.